The summed E-state index contributed by atoms with van der Waals surface area (Å²) in [6, 6.07) is 9.17. The first kappa shape index (κ1) is 22.5. The number of hydrogen-bond donors (Lipinski definition) is 1. The lowest BCUT2D eigenvalue weighted by molar-refractivity contribution is 0.0908. The zero-order valence-corrected chi connectivity index (χ0v) is 19.3. The topological polar surface area (TPSA) is 71.4 Å². The van der Waals surface area contributed by atoms with E-state index in [4.69, 9.17) is 0 Å². The molecule has 6 heteroatoms. The number of amides is 1. The number of rotatable bonds is 5. The van der Waals surface area contributed by atoms with Crippen molar-refractivity contribution in [3.8, 4) is 5.69 Å². The summed E-state index contributed by atoms with van der Waals surface area (Å²) < 4.78 is 1.44. The normalized spacial score (nSPS) is 18.9. The van der Waals surface area contributed by atoms with E-state index in [9.17, 15) is 14.4 Å². The van der Waals surface area contributed by atoms with Gasteiger partial charge in [-0.1, -0.05) is 39.0 Å². The maximum atomic E-state index is 13.5. The Labute approximate surface area is 189 Å². The lowest BCUT2D eigenvalue weighted by atomic mass is 9.73. The van der Waals surface area contributed by atoms with E-state index in [0.29, 0.717) is 36.2 Å². The molecule has 0 saturated carbocycles. The number of Topliss-reactive ketones (excluding diaryl/α,β-unsaturated/α-hetero) is 1. The van der Waals surface area contributed by atoms with Gasteiger partial charge in [-0.2, -0.15) is 0 Å². The zero-order valence-electron chi connectivity index (χ0n) is 19.3. The van der Waals surface area contributed by atoms with Crippen molar-refractivity contribution in [2.24, 2.45) is 11.3 Å². The van der Waals surface area contributed by atoms with Gasteiger partial charge in [0.25, 0.3) is 11.5 Å². The van der Waals surface area contributed by atoms with Crippen molar-refractivity contribution < 1.29 is 9.59 Å². The van der Waals surface area contributed by atoms with E-state index in [1.807, 2.05) is 44.2 Å². The Kier molecular flexibility index (Phi) is 6.33. The maximum Gasteiger partial charge on any atom is 0.268 e. The quantitative estimate of drug-likeness (QED) is 0.781. The van der Waals surface area contributed by atoms with Crippen LogP contribution in [0.4, 0.5) is 0 Å². The Bertz CT molecular complexity index is 1060. The molecule has 1 N–H and O–H groups in total. The second-order valence-corrected chi connectivity index (χ2v) is 10.1. The fraction of sp³-hybridized carbons (Fsp3) is 0.500. The van der Waals surface area contributed by atoms with Crippen molar-refractivity contribution in [1.29, 1.82) is 0 Å². The Morgan fingerprint density at radius 2 is 1.78 bits per heavy atom. The van der Waals surface area contributed by atoms with Gasteiger partial charge in [0.1, 0.15) is 5.56 Å². The van der Waals surface area contributed by atoms with Crippen LogP contribution in [-0.4, -0.2) is 47.3 Å². The molecule has 0 atom stereocenters. The van der Waals surface area contributed by atoms with Crippen LogP contribution in [0.2, 0.25) is 0 Å². The highest BCUT2D eigenvalue weighted by molar-refractivity contribution is 6.04. The lowest BCUT2D eigenvalue weighted by Gasteiger charge is -2.32. The molecule has 32 heavy (non-hydrogen) atoms. The van der Waals surface area contributed by atoms with Crippen molar-refractivity contribution in [2.45, 2.75) is 46.5 Å². The molecule has 6 nitrogen and oxygen atoms in total. The van der Waals surface area contributed by atoms with E-state index < -0.39 is 0 Å². The van der Waals surface area contributed by atoms with Gasteiger partial charge in [-0.25, -0.2) is 0 Å². The predicted molar refractivity (Wildman–Crippen MR) is 126 cm³/mol. The van der Waals surface area contributed by atoms with Crippen LogP contribution in [0.3, 0.4) is 0 Å². The average molecular weight is 436 g/mol. The Morgan fingerprint density at radius 1 is 1.09 bits per heavy atom. The van der Waals surface area contributed by atoms with Crippen molar-refractivity contribution in [2.75, 3.05) is 26.2 Å². The SMILES string of the molecule is CC1CCN(CCNC(=O)c2c3c(cn(-c4ccccc4)c2=O)C(=O)CC(C)(C)C3)CC1. The Morgan fingerprint density at radius 3 is 2.47 bits per heavy atom. The summed E-state index contributed by atoms with van der Waals surface area (Å²) in [5.41, 5.74) is 1.18. The maximum absolute atomic E-state index is 13.5. The number of aromatic nitrogens is 1. The van der Waals surface area contributed by atoms with Crippen LogP contribution in [0.15, 0.2) is 41.3 Å². The minimum Gasteiger partial charge on any atom is -0.351 e. The lowest BCUT2D eigenvalue weighted by Crippen LogP contribution is -2.42. The second-order valence-electron chi connectivity index (χ2n) is 10.1. The number of hydrogen-bond acceptors (Lipinski definition) is 4. The van der Waals surface area contributed by atoms with Crippen LogP contribution in [0.1, 0.15) is 66.3 Å². The Hall–Kier alpha value is -2.73. The highest BCUT2D eigenvalue weighted by atomic mass is 16.2. The number of piperidine rings is 1. The van der Waals surface area contributed by atoms with Crippen LogP contribution in [0, 0.1) is 11.3 Å². The number of ketones is 1. The molecule has 0 radical (unpaired) electrons. The molecular formula is C26H33N3O3. The fourth-order valence-electron chi connectivity index (χ4n) is 4.86. The molecule has 4 rings (SSSR count). The van der Waals surface area contributed by atoms with Gasteiger partial charge in [0.05, 0.1) is 0 Å². The van der Waals surface area contributed by atoms with E-state index in [1.54, 1.807) is 6.20 Å². The van der Waals surface area contributed by atoms with Crippen molar-refractivity contribution in [3.05, 3.63) is 63.6 Å². The van der Waals surface area contributed by atoms with Crippen LogP contribution < -0.4 is 10.9 Å². The zero-order chi connectivity index (χ0) is 22.9. The standard InChI is InChI=1S/C26H33N3O3/c1-18-9-12-28(13-10-18)14-11-27-24(31)23-20-15-26(2,3)16-22(30)21(20)17-29(25(23)32)19-7-5-4-6-8-19/h4-8,17-18H,9-16H2,1-3H3,(H,27,31). The first-order chi connectivity index (χ1) is 15.2. The summed E-state index contributed by atoms with van der Waals surface area (Å²) in [5, 5.41) is 2.96. The minimum atomic E-state index is -0.382. The van der Waals surface area contributed by atoms with Gasteiger partial charge in [-0.3, -0.25) is 19.0 Å². The summed E-state index contributed by atoms with van der Waals surface area (Å²) in [5.74, 6) is 0.360. The smallest absolute Gasteiger partial charge is 0.268 e. The molecule has 1 aromatic heterocycles. The number of carbonyl (C=O) groups excluding carboxylic acids is 2. The summed E-state index contributed by atoms with van der Waals surface area (Å²) >= 11 is 0. The van der Waals surface area contributed by atoms with Crippen molar-refractivity contribution in [3.63, 3.8) is 0 Å². The van der Waals surface area contributed by atoms with Gasteiger partial charge in [-0.15, -0.1) is 0 Å². The fourth-order valence-corrected chi connectivity index (χ4v) is 4.86. The summed E-state index contributed by atoms with van der Waals surface area (Å²) in [7, 11) is 0. The number of pyridine rings is 1. The summed E-state index contributed by atoms with van der Waals surface area (Å²) in [4.78, 5) is 42.1. The molecule has 1 aromatic carbocycles. The van der Waals surface area contributed by atoms with Gasteiger partial charge >= 0.3 is 0 Å². The molecule has 0 spiro atoms. The van der Waals surface area contributed by atoms with Gasteiger partial charge in [-0.05, 0) is 61.4 Å². The molecule has 2 aromatic rings. The minimum absolute atomic E-state index is 0.0163. The summed E-state index contributed by atoms with van der Waals surface area (Å²) in [6.45, 7) is 9.63. The van der Waals surface area contributed by atoms with Gasteiger partial charge in [0.2, 0.25) is 0 Å². The average Bonchev–Trinajstić information content (AvgIpc) is 2.74. The number of fused-ring (bicyclic) bond motifs is 1. The third-order valence-corrected chi connectivity index (χ3v) is 6.76. The van der Waals surface area contributed by atoms with E-state index >= 15 is 0 Å². The monoisotopic (exact) mass is 435 g/mol. The van der Waals surface area contributed by atoms with Crippen molar-refractivity contribution >= 4 is 11.7 Å². The third-order valence-electron chi connectivity index (χ3n) is 6.76. The molecule has 1 fully saturated rings. The van der Waals surface area contributed by atoms with Gasteiger partial charge < -0.3 is 10.2 Å². The number of likely N-dealkylation sites (tertiary alicyclic amines) is 1. The highest BCUT2D eigenvalue weighted by Crippen LogP contribution is 2.35. The van der Waals surface area contributed by atoms with Crippen molar-refractivity contribution in [1.82, 2.24) is 14.8 Å². The van der Waals surface area contributed by atoms with Crippen LogP contribution in [-0.2, 0) is 6.42 Å². The number of nitrogens with one attached hydrogen (secondary N) is 1. The van der Waals surface area contributed by atoms with E-state index in [0.717, 1.165) is 25.6 Å². The summed E-state index contributed by atoms with van der Waals surface area (Å²) in [6.07, 6.45) is 4.92. The number of nitrogens with zero attached hydrogens (tertiary/aromatic N) is 2. The largest absolute Gasteiger partial charge is 0.351 e. The van der Waals surface area contributed by atoms with Crippen LogP contribution in [0.5, 0.6) is 0 Å². The first-order valence-electron chi connectivity index (χ1n) is 11.6. The molecule has 0 unspecified atom stereocenters. The second kappa shape index (κ2) is 9.02. The van der Waals surface area contributed by atoms with Crippen LogP contribution >= 0.6 is 0 Å². The molecule has 170 valence electrons. The number of benzene rings is 1. The molecule has 0 bridgehead atoms. The van der Waals surface area contributed by atoms with Crippen LogP contribution in [0.25, 0.3) is 5.69 Å². The third kappa shape index (κ3) is 4.70. The molecule has 1 amide bonds. The van der Waals surface area contributed by atoms with Gasteiger partial charge in [0, 0.05) is 37.0 Å². The Balaban J connectivity index is 1.65. The number of carbonyl (C=O) groups is 2. The molecular weight excluding hydrogens is 402 g/mol. The first-order valence-corrected chi connectivity index (χ1v) is 11.6. The van der Waals surface area contributed by atoms with E-state index in [-0.39, 0.29) is 28.2 Å². The number of para-hydroxylation sites is 1. The highest BCUT2D eigenvalue weighted by Gasteiger charge is 2.35. The predicted octanol–water partition coefficient (Wildman–Crippen LogP) is 3.45. The molecule has 1 aliphatic carbocycles. The molecule has 1 aliphatic heterocycles. The molecule has 2 heterocycles. The molecule has 1 saturated heterocycles. The van der Waals surface area contributed by atoms with Gasteiger partial charge in [0.15, 0.2) is 5.78 Å². The van der Waals surface area contributed by atoms with E-state index in [1.165, 1.54) is 17.4 Å². The molecule has 2 aliphatic rings. The van der Waals surface area contributed by atoms with E-state index in [2.05, 4.69) is 17.1 Å².